The van der Waals surface area contributed by atoms with Crippen molar-refractivity contribution < 1.29 is 4.74 Å². The number of pyridine rings is 1. The van der Waals surface area contributed by atoms with Crippen LogP contribution in [-0.4, -0.2) is 17.1 Å². The number of nitrogens with zero attached hydrogens (tertiary/aromatic N) is 2. The first-order valence-corrected chi connectivity index (χ1v) is 5.85. The Balaban J connectivity index is 2.94. The fourth-order valence-electron chi connectivity index (χ4n) is 1.51. The maximum absolute atomic E-state index is 8.89. The quantitative estimate of drug-likeness (QED) is 0.843. The Morgan fingerprint density at radius 3 is 2.76 bits per heavy atom. The van der Waals surface area contributed by atoms with Crippen LogP contribution in [0.15, 0.2) is 12.1 Å². The molecule has 1 aromatic rings. The van der Waals surface area contributed by atoms with Gasteiger partial charge in [0, 0.05) is 18.2 Å². The summed E-state index contributed by atoms with van der Waals surface area (Å²) < 4.78 is 5.62. The van der Waals surface area contributed by atoms with Crippen LogP contribution in [0.3, 0.4) is 0 Å². The highest BCUT2D eigenvalue weighted by molar-refractivity contribution is 5.30. The van der Waals surface area contributed by atoms with E-state index in [0.29, 0.717) is 18.6 Å². The lowest BCUT2D eigenvalue weighted by molar-refractivity contribution is 0.247. The molecular formula is C13H19N3O. The second-order valence-electron chi connectivity index (χ2n) is 4.22. The summed E-state index contributed by atoms with van der Waals surface area (Å²) in [6, 6.07) is 5.88. The van der Waals surface area contributed by atoms with Gasteiger partial charge in [0.1, 0.15) is 11.8 Å². The molecule has 92 valence electrons. The van der Waals surface area contributed by atoms with Gasteiger partial charge in [-0.1, -0.05) is 6.92 Å². The highest BCUT2D eigenvalue weighted by Crippen LogP contribution is 2.20. The number of nitrogens with two attached hydrogens (primary N) is 1. The minimum atomic E-state index is -0.425. The van der Waals surface area contributed by atoms with Crippen molar-refractivity contribution in [3.63, 3.8) is 0 Å². The molecule has 2 N–H and O–H groups in total. The van der Waals surface area contributed by atoms with Gasteiger partial charge >= 0.3 is 0 Å². The fraction of sp³-hybridized carbons (Fsp3) is 0.538. The maximum atomic E-state index is 8.89. The molecule has 2 unspecified atom stereocenters. The molecule has 1 aromatic heterocycles. The monoisotopic (exact) mass is 233 g/mol. The maximum Gasteiger partial charge on any atom is 0.184 e. The number of ether oxygens (including phenoxy) is 1. The van der Waals surface area contributed by atoms with E-state index >= 15 is 0 Å². The highest BCUT2D eigenvalue weighted by atomic mass is 16.5. The average molecular weight is 233 g/mol. The van der Waals surface area contributed by atoms with Crippen LogP contribution in [0, 0.1) is 18.3 Å². The average Bonchev–Trinajstić information content (AvgIpc) is 2.27. The second-order valence-corrected chi connectivity index (χ2v) is 4.22. The van der Waals surface area contributed by atoms with Crippen molar-refractivity contribution in [2.24, 2.45) is 5.73 Å². The van der Waals surface area contributed by atoms with E-state index in [9.17, 15) is 0 Å². The zero-order chi connectivity index (χ0) is 12.8. The molecule has 1 heterocycles. The molecule has 0 spiro atoms. The van der Waals surface area contributed by atoms with Crippen molar-refractivity contribution in [2.45, 2.75) is 45.8 Å². The molecule has 0 saturated carbocycles. The SMILES string of the molecule is CCC(C#N)Oc1ccc(C)nc1CC(C)N. The van der Waals surface area contributed by atoms with Gasteiger partial charge in [-0.25, -0.2) is 0 Å². The lowest BCUT2D eigenvalue weighted by atomic mass is 10.1. The Morgan fingerprint density at radius 1 is 1.53 bits per heavy atom. The lowest BCUT2D eigenvalue weighted by Crippen LogP contribution is -2.21. The first-order valence-electron chi connectivity index (χ1n) is 5.85. The van der Waals surface area contributed by atoms with Gasteiger partial charge in [0.2, 0.25) is 0 Å². The Bertz CT molecular complexity index is 410. The van der Waals surface area contributed by atoms with Crippen molar-refractivity contribution in [2.75, 3.05) is 0 Å². The van der Waals surface area contributed by atoms with Crippen molar-refractivity contribution in [1.29, 1.82) is 5.26 Å². The molecule has 4 heteroatoms. The summed E-state index contributed by atoms with van der Waals surface area (Å²) in [5.41, 5.74) is 7.53. The van der Waals surface area contributed by atoms with E-state index in [1.807, 2.05) is 32.9 Å². The molecular weight excluding hydrogens is 214 g/mol. The zero-order valence-corrected chi connectivity index (χ0v) is 10.6. The number of aryl methyl sites for hydroxylation is 1. The molecule has 2 atom stereocenters. The first-order chi connectivity index (χ1) is 8.06. The standard InChI is InChI=1S/C13H19N3O/c1-4-11(8-14)17-13-6-5-10(3)16-12(13)7-9(2)15/h5-6,9,11H,4,7,15H2,1-3H3. The van der Waals surface area contributed by atoms with Gasteiger partial charge in [0.15, 0.2) is 6.10 Å². The van der Waals surface area contributed by atoms with Gasteiger partial charge < -0.3 is 10.5 Å². The number of hydrogen-bond donors (Lipinski definition) is 1. The van der Waals surface area contributed by atoms with E-state index in [2.05, 4.69) is 11.1 Å². The number of aromatic nitrogens is 1. The number of rotatable bonds is 5. The first kappa shape index (κ1) is 13.5. The largest absolute Gasteiger partial charge is 0.474 e. The summed E-state index contributed by atoms with van der Waals surface area (Å²) in [6.45, 7) is 5.77. The molecule has 0 bridgehead atoms. The summed E-state index contributed by atoms with van der Waals surface area (Å²) in [6.07, 6.45) is 0.882. The predicted molar refractivity (Wildman–Crippen MR) is 66.6 cm³/mol. The van der Waals surface area contributed by atoms with Gasteiger partial charge in [-0.15, -0.1) is 0 Å². The minimum absolute atomic E-state index is 0.0220. The van der Waals surface area contributed by atoms with E-state index in [4.69, 9.17) is 15.7 Å². The third-order valence-corrected chi connectivity index (χ3v) is 2.37. The van der Waals surface area contributed by atoms with Crippen molar-refractivity contribution in [3.05, 3.63) is 23.5 Å². The molecule has 17 heavy (non-hydrogen) atoms. The van der Waals surface area contributed by atoms with Gasteiger partial charge in [-0.05, 0) is 32.4 Å². The smallest absolute Gasteiger partial charge is 0.184 e. The Hall–Kier alpha value is -1.60. The number of nitriles is 1. The molecule has 0 saturated heterocycles. The normalized spacial score (nSPS) is 13.8. The summed E-state index contributed by atoms with van der Waals surface area (Å²) in [5.74, 6) is 0.668. The molecule has 0 fully saturated rings. The minimum Gasteiger partial charge on any atom is -0.474 e. The van der Waals surface area contributed by atoms with Gasteiger partial charge in [0.25, 0.3) is 0 Å². The van der Waals surface area contributed by atoms with Crippen molar-refractivity contribution in [1.82, 2.24) is 4.98 Å². The Labute approximate surface area is 102 Å². The molecule has 0 radical (unpaired) electrons. The van der Waals surface area contributed by atoms with E-state index < -0.39 is 6.10 Å². The molecule has 0 aromatic carbocycles. The summed E-state index contributed by atoms with van der Waals surface area (Å²) in [5, 5.41) is 8.89. The molecule has 1 rings (SSSR count). The third-order valence-electron chi connectivity index (χ3n) is 2.37. The van der Waals surface area contributed by atoms with Crippen molar-refractivity contribution in [3.8, 4) is 11.8 Å². The third kappa shape index (κ3) is 4.04. The summed E-state index contributed by atoms with van der Waals surface area (Å²) >= 11 is 0. The second kappa shape index (κ2) is 6.21. The Morgan fingerprint density at radius 2 is 2.24 bits per heavy atom. The zero-order valence-electron chi connectivity index (χ0n) is 10.6. The topological polar surface area (TPSA) is 71.9 Å². The van der Waals surface area contributed by atoms with E-state index in [0.717, 1.165) is 11.4 Å². The van der Waals surface area contributed by atoms with Crippen LogP contribution in [0.4, 0.5) is 0 Å². The molecule has 0 aliphatic carbocycles. The fourth-order valence-corrected chi connectivity index (χ4v) is 1.51. The number of hydrogen-bond acceptors (Lipinski definition) is 4. The highest BCUT2D eigenvalue weighted by Gasteiger charge is 2.12. The molecule has 4 nitrogen and oxygen atoms in total. The molecule has 0 amide bonds. The van der Waals surface area contributed by atoms with Gasteiger partial charge in [-0.3, -0.25) is 4.98 Å². The summed E-state index contributed by atoms with van der Waals surface area (Å²) in [4.78, 5) is 4.42. The van der Waals surface area contributed by atoms with Crippen LogP contribution in [0.1, 0.15) is 31.7 Å². The molecule has 0 aliphatic heterocycles. The van der Waals surface area contributed by atoms with Gasteiger partial charge in [-0.2, -0.15) is 5.26 Å². The Kier molecular flexibility index (Phi) is 4.92. The van der Waals surface area contributed by atoms with Crippen LogP contribution in [0.2, 0.25) is 0 Å². The van der Waals surface area contributed by atoms with Crippen LogP contribution >= 0.6 is 0 Å². The van der Waals surface area contributed by atoms with Crippen LogP contribution in [-0.2, 0) is 6.42 Å². The van der Waals surface area contributed by atoms with Crippen LogP contribution < -0.4 is 10.5 Å². The molecule has 0 aliphatic rings. The summed E-state index contributed by atoms with van der Waals surface area (Å²) in [7, 11) is 0. The predicted octanol–water partition coefficient (Wildman–Crippen LogP) is 1.96. The lowest BCUT2D eigenvalue weighted by Gasteiger charge is -2.15. The van der Waals surface area contributed by atoms with Crippen LogP contribution in [0.25, 0.3) is 0 Å². The van der Waals surface area contributed by atoms with E-state index in [-0.39, 0.29) is 6.04 Å². The van der Waals surface area contributed by atoms with Gasteiger partial charge in [0.05, 0.1) is 5.69 Å². The van der Waals surface area contributed by atoms with Crippen LogP contribution in [0.5, 0.6) is 5.75 Å². The van der Waals surface area contributed by atoms with E-state index in [1.54, 1.807) is 0 Å². The van der Waals surface area contributed by atoms with E-state index in [1.165, 1.54) is 0 Å². The van der Waals surface area contributed by atoms with Crippen molar-refractivity contribution >= 4 is 0 Å².